The van der Waals surface area contributed by atoms with E-state index < -0.39 is 5.97 Å². The van der Waals surface area contributed by atoms with Crippen molar-refractivity contribution in [3.63, 3.8) is 0 Å². The summed E-state index contributed by atoms with van der Waals surface area (Å²) in [6, 6.07) is 1.72. The third-order valence-electron chi connectivity index (χ3n) is 3.03. The van der Waals surface area contributed by atoms with Gasteiger partial charge in [-0.2, -0.15) is 4.98 Å². The second kappa shape index (κ2) is 5.86. The van der Waals surface area contributed by atoms with Gasteiger partial charge >= 0.3 is 5.97 Å². The lowest BCUT2D eigenvalue weighted by Crippen LogP contribution is -2.22. The molecule has 0 aromatic carbocycles. The van der Waals surface area contributed by atoms with Gasteiger partial charge in [0.25, 0.3) is 0 Å². The minimum absolute atomic E-state index is 0.247. The second-order valence-electron chi connectivity index (χ2n) is 4.96. The van der Waals surface area contributed by atoms with Gasteiger partial charge in [-0.05, 0) is 18.8 Å². The highest BCUT2D eigenvalue weighted by Gasteiger charge is 2.18. The van der Waals surface area contributed by atoms with Gasteiger partial charge in [-0.25, -0.2) is 9.78 Å². The molecular formula is C13H19N3O3. The Bertz CT molecular complexity index is 456. The van der Waals surface area contributed by atoms with Crippen LogP contribution in [0.3, 0.4) is 0 Å². The van der Waals surface area contributed by atoms with Gasteiger partial charge in [-0.15, -0.1) is 0 Å². The van der Waals surface area contributed by atoms with E-state index in [0.29, 0.717) is 11.8 Å². The number of ether oxygens (including phenoxy) is 1. The highest BCUT2D eigenvalue weighted by molar-refractivity contribution is 5.68. The SMILES string of the molecule is CC(C)c1cc(OCC(=O)O)nc(N2CCCC2)n1. The smallest absolute Gasteiger partial charge is 0.341 e. The molecule has 1 fully saturated rings. The molecule has 6 nitrogen and oxygen atoms in total. The Morgan fingerprint density at radius 1 is 1.42 bits per heavy atom. The number of carboxylic acid groups (broad SMARTS) is 1. The Kier molecular flexibility index (Phi) is 4.19. The van der Waals surface area contributed by atoms with Crippen molar-refractivity contribution in [3.8, 4) is 5.88 Å². The van der Waals surface area contributed by atoms with Crippen molar-refractivity contribution in [2.45, 2.75) is 32.6 Å². The molecule has 0 radical (unpaired) electrons. The van der Waals surface area contributed by atoms with Crippen LogP contribution < -0.4 is 9.64 Å². The van der Waals surface area contributed by atoms with E-state index in [-0.39, 0.29) is 12.5 Å². The number of rotatable bonds is 5. The minimum Gasteiger partial charge on any atom is -0.479 e. The van der Waals surface area contributed by atoms with Crippen LogP contribution in [0.15, 0.2) is 6.07 Å². The topological polar surface area (TPSA) is 75.6 Å². The van der Waals surface area contributed by atoms with Crippen LogP contribution >= 0.6 is 0 Å². The van der Waals surface area contributed by atoms with Gasteiger partial charge in [0.1, 0.15) is 0 Å². The van der Waals surface area contributed by atoms with Gasteiger partial charge in [0.2, 0.25) is 11.8 Å². The van der Waals surface area contributed by atoms with Crippen LogP contribution in [-0.4, -0.2) is 40.7 Å². The molecule has 1 aliphatic rings. The van der Waals surface area contributed by atoms with Gasteiger partial charge in [-0.1, -0.05) is 13.8 Å². The molecule has 104 valence electrons. The first-order valence-corrected chi connectivity index (χ1v) is 6.55. The van der Waals surface area contributed by atoms with Gasteiger partial charge in [0.05, 0.1) is 5.69 Å². The molecule has 0 aliphatic carbocycles. The zero-order chi connectivity index (χ0) is 13.8. The molecule has 0 spiro atoms. The molecule has 2 rings (SSSR count). The predicted molar refractivity (Wildman–Crippen MR) is 70.7 cm³/mol. The third kappa shape index (κ3) is 3.56. The normalized spacial score (nSPS) is 15.0. The summed E-state index contributed by atoms with van der Waals surface area (Å²) in [5, 5.41) is 8.66. The quantitative estimate of drug-likeness (QED) is 0.872. The summed E-state index contributed by atoms with van der Waals surface area (Å²) in [7, 11) is 0. The van der Waals surface area contributed by atoms with Crippen LogP contribution in [0, 0.1) is 0 Å². The van der Waals surface area contributed by atoms with Crippen LogP contribution in [0.25, 0.3) is 0 Å². The summed E-state index contributed by atoms with van der Waals surface area (Å²) < 4.78 is 5.18. The largest absolute Gasteiger partial charge is 0.479 e. The fourth-order valence-electron chi connectivity index (χ4n) is 1.99. The van der Waals surface area contributed by atoms with Crippen molar-refractivity contribution in [2.24, 2.45) is 0 Å². The Morgan fingerprint density at radius 2 is 2.11 bits per heavy atom. The molecule has 0 saturated carbocycles. The summed E-state index contributed by atoms with van der Waals surface area (Å²) in [4.78, 5) is 21.5. The van der Waals surface area contributed by atoms with E-state index in [1.165, 1.54) is 0 Å². The van der Waals surface area contributed by atoms with Crippen molar-refractivity contribution in [3.05, 3.63) is 11.8 Å². The van der Waals surface area contributed by atoms with Crippen molar-refractivity contribution in [2.75, 3.05) is 24.6 Å². The Balaban J connectivity index is 2.23. The van der Waals surface area contributed by atoms with Gasteiger partial charge in [0, 0.05) is 19.2 Å². The summed E-state index contributed by atoms with van der Waals surface area (Å²) in [5.41, 5.74) is 0.872. The van der Waals surface area contributed by atoms with Crippen LogP contribution in [0.2, 0.25) is 0 Å². The van der Waals surface area contributed by atoms with Crippen molar-refractivity contribution in [1.82, 2.24) is 9.97 Å². The Morgan fingerprint density at radius 3 is 2.68 bits per heavy atom. The van der Waals surface area contributed by atoms with E-state index >= 15 is 0 Å². The summed E-state index contributed by atoms with van der Waals surface area (Å²) in [6.07, 6.45) is 2.28. The zero-order valence-corrected chi connectivity index (χ0v) is 11.3. The second-order valence-corrected chi connectivity index (χ2v) is 4.96. The van der Waals surface area contributed by atoms with Gasteiger partial charge < -0.3 is 14.7 Å². The van der Waals surface area contributed by atoms with E-state index in [0.717, 1.165) is 31.6 Å². The first kappa shape index (κ1) is 13.6. The monoisotopic (exact) mass is 265 g/mol. The fraction of sp³-hybridized carbons (Fsp3) is 0.615. The maximum absolute atomic E-state index is 10.6. The summed E-state index contributed by atoms with van der Waals surface area (Å²) in [5.74, 6) is 0.219. The average molecular weight is 265 g/mol. The third-order valence-corrected chi connectivity index (χ3v) is 3.03. The summed E-state index contributed by atoms with van der Waals surface area (Å²) >= 11 is 0. The highest BCUT2D eigenvalue weighted by Crippen LogP contribution is 2.23. The van der Waals surface area contributed by atoms with Crippen molar-refractivity contribution >= 4 is 11.9 Å². The first-order valence-electron chi connectivity index (χ1n) is 6.55. The molecule has 19 heavy (non-hydrogen) atoms. The van der Waals surface area contributed by atoms with Crippen molar-refractivity contribution in [1.29, 1.82) is 0 Å². The lowest BCUT2D eigenvalue weighted by Gasteiger charge is -2.18. The predicted octanol–water partition coefficient (Wildman–Crippen LogP) is 1.66. The molecule has 6 heteroatoms. The maximum Gasteiger partial charge on any atom is 0.341 e. The van der Waals surface area contributed by atoms with E-state index in [2.05, 4.69) is 14.9 Å². The number of aromatic nitrogens is 2. The minimum atomic E-state index is -1.01. The molecule has 1 saturated heterocycles. The van der Waals surface area contributed by atoms with Crippen LogP contribution in [0.1, 0.15) is 38.3 Å². The van der Waals surface area contributed by atoms with E-state index in [4.69, 9.17) is 9.84 Å². The molecule has 0 atom stereocenters. The number of carbonyl (C=O) groups is 1. The average Bonchev–Trinajstić information content (AvgIpc) is 2.89. The molecule has 0 amide bonds. The van der Waals surface area contributed by atoms with Crippen LogP contribution in [0.5, 0.6) is 5.88 Å². The van der Waals surface area contributed by atoms with E-state index in [1.54, 1.807) is 6.07 Å². The van der Waals surface area contributed by atoms with E-state index in [9.17, 15) is 4.79 Å². The number of aliphatic carboxylic acids is 1. The molecular weight excluding hydrogens is 246 g/mol. The lowest BCUT2D eigenvalue weighted by atomic mass is 10.1. The standard InChI is InChI=1S/C13H19N3O3/c1-9(2)10-7-11(19-8-12(17)18)15-13(14-10)16-5-3-4-6-16/h7,9H,3-6,8H2,1-2H3,(H,17,18). The zero-order valence-electron chi connectivity index (χ0n) is 11.3. The molecule has 0 unspecified atom stereocenters. The number of anilines is 1. The Labute approximate surface area is 112 Å². The molecule has 1 aromatic rings. The van der Waals surface area contributed by atoms with Gasteiger partial charge in [-0.3, -0.25) is 0 Å². The van der Waals surface area contributed by atoms with Crippen LogP contribution in [0.4, 0.5) is 5.95 Å². The van der Waals surface area contributed by atoms with Crippen molar-refractivity contribution < 1.29 is 14.6 Å². The number of hydrogen-bond donors (Lipinski definition) is 1. The summed E-state index contributed by atoms with van der Waals surface area (Å²) in [6.45, 7) is 5.59. The molecule has 0 bridgehead atoms. The lowest BCUT2D eigenvalue weighted by molar-refractivity contribution is -0.139. The number of hydrogen-bond acceptors (Lipinski definition) is 5. The van der Waals surface area contributed by atoms with Gasteiger partial charge in [0.15, 0.2) is 6.61 Å². The first-order chi connectivity index (χ1) is 9.06. The van der Waals surface area contributed by atoms with E-state index in [1.807, 2.05) is 13.8 Å². The molecule has 1 aliphatic heterocycles. The highest BCUT2D eigenvalue weighted by atomic mass is 16.5. The maximum atomic E-state index is 10.6. The molecule has 2 heterocycles. The number of nitrogens with zero attached hydrogens (tertiary/aromatic N) is 3. The Hall–Kier alpha value is -1.85. The molecule has 1 N–H and O–H groups in total. The fourth-order valence-corrected chi connectivity index (χ4v) is 1.99. The van der Waals surface area contributed by atoms with Crippen LogP contribution in [-0.2, 0) is 4.79 Å². The molecule has 1 aromatic heterocycles. The number of carboxylic acids is 1.